The summed E-state index contributed by atoms with van der Waals surface area (Å²) in [4.78, 5) is 11.8. The van der Waals surface area contributed by atoms with Crippen LogP contribution in [0.5, 0.6) is 11.5 Å². The summed E-state index contributed by atoms with van der Waals surface area (Å²) in [6.45, 7) is 1.59. The van der Waals surface area contributed by atoms with Gasteiger partial charge in [-0.15, -0.1) is 0 Å². The van der Waals surface area contributed by atoms with E-state index in [1.165, 1.54) is 12.1 Å². The first-order valence-corrected chi connectivity index (χ1v) is 8.74. The molecule has 0 fully saturated rings. The molecule has 1 atom stereocenters. The molecule has 0 aliphatic carbocycles. The maximum atomic E-state index is 12.5. The van der Waals surface area contributed by atoms with Gasteiger partial charge in [-0.1, -0.05) is 19.1 Å². The zero-order chi connectivity index (χ0) is 20.6. The van der Waals surface area contributed by atoms with Crippen LogP contribution in [0.2, 0.25) is 0 Å². The molecule has 1 unspecified atom stereocenters. The number of benzene rings is 2. The van der Waals surface area contributed by atoms with Crippen LogP contribution < -0.4 is 14.8 Å². The van der Waals surface area contributed by atoms with Crippen LogP contribution in [-0.2, 0) is 17.4 Å². The van der Waals surface area contributed by atoms with Gasteiger partial charge in [0.2, 0.25) is 0 Å². The van der Waals surface area contributed by atoms with Crippen molar-refractivity contribution in [2.45, 2.75) is 25.6 Å². The molecule has 5 nitrogen and oxygen atoms in total. The van der Waals surface area contributed by atoms with Crippen LogP contribution in [0.3, 0.4) is 0 Å². The minimum absolute atomic E-state index is 0.0718. The van der Waals surface area contributed by atoms with Crippen molar-refractivity contribution in [1.29, 1.82) is 0 Å². The number of nitrogens with one attached hydrogen (secondary N) is 1. The summed E-state index contributed by atoms with van der Waals surface area (Å²) in [6.07, 6.45) is -4.52. The number of carbonyl (C=O) groups excluding carboxylic acids is 1. The lowest BCUT2D eigenvalue weighted by Gasteiger charge is -2.14. The van der Waals surface area contributed by atoms with Crippen molar-refractivity contribution in [2.75, 3.05) is 19.8 Å². The number of carbonyl (C=O) groups is 1. The number of alkyl halides is 3. The zero-order valence-corrected chi connectivity index (χ0v) is 15.3. The van der Waals surface area contributed by atoms with E-state index in [4.69, 9.17) is 9.47 Å². The molecule has 0 aliphatic heterocycles. The van der Waals surface area contributed by atoms with Gasteiger partial charge in [-0.2, -0.15) is 13.2 Å². The van der Waals surface area contributed by atoms with Crippen molar-refractivity contribution in [3.8, 4) is 11.5 Å². The molecule has 152 valence electrons. The summed E-state index contributed by atoms with van der Waals surface area (Å²) < 4.78 is 48.0. The van der Waals surface area contributed by atoms with Crippen LogP contribution in [-0.4, -0.2) is 36.9 Å². The van der Waals surface area contributed by atoms with Gasteiger partial charge >= 0.3 is 6.18 Å². The van der Waals surface area contributed by atoms with Crippen LogP contribution in [0.15, 0.2) is 48.5 Å². The van der Waals surface area contributed by atoms with E-state index in [-0.39, 0.29) is 25.5 Å². The molecule has 0 bridgehead atoms. The Morgan fingerprint density at radius 1 is 1.04 bits per heavy atom. The minimum Gasteiger partial charge on any atom is -0.491 e. The second-order valence-electron chi connectivity index (χ2n) is 6.08. The van der Waals surface area contributed by atoms with Crippen molar-refractivity contribution in [3.05, 3.63) is 59.7 Å². The highest BCUT2D eigenvalue weighted by Crippen LogP contribution is 2.30. The highest BCUT2D eigenvalue weighted by atomic mass is 19.4. The SMILES string of the molecule is CCc1ccc(OCC(=O)NCC(O)COc2ccc(C(F)(F)F)cc2)cc1. The van der Waals surface area contributed by atoms with Crippen molar-refractivity contribution in [1.82, 2.24) is 5.32 Å². The summed E-state index contributed by atoms with van der Waals surface area (Å²) >= 11 is 0. The molecule has 1 amide bonds. The molecule has 0 aliphatic rings. The van der Waals surface area contributed by atoms with Crippen LogP contribution >= 0.6 is 0 Å². The van der Waals surface area contributed by atoms with Crippen LogP contribution in [0.1, 0.15) is 18.1 Å². The molecule has 0 spiro atoms. The number of ether oxygens (including phenoxy) is 2. The molecule has 0 aromatic heterocycles. The number of aliphatic hydroxyl groups is 1. The average molecular weight is 397 g/mol. The first kappa shape index (κ1) is 21.6. The standard InChI is InChI=1S/C20H22F3NO4/c1-2-14-3-7-17(8-4-14)28-13-19(26)24-11-16(25)12-27-18-9-5-15(6-10-18)20(21,22)23/h3-10,16,25H,2,11-13H2,1H3,(H,24,26). The van der Waals surface area contributed by atoms with Gasteiger partial charge in [-0.3, -0.25) is 4.79 Å². The summed E-state index contributed by atoms with van der Waals surface area (Å²) in [5.41, 5.74) is 0.380. The summed E-state index contributed by atoms with van der Waals surface area (Å²) in [5, 5.41) is 12.3. The van der Waals surface area contributed by atoms with Crippen LogP contribution in [0, 0.1) is 0 Å². The predicted molar refractivity (Wildman–Crippen MR) is 97.3 cm³/mol. The predicted octanol–water partition coefficient (Wildman–Crippen LogP) is 3.20. The highest BCUT2D eigenvalue weighted by Gasteiger charge is 2.30. The van der Waals surface area contributed by atoms with E-state index < -0.39 is 23.8 Å². The maximum absolute atomic E-state index is 12.5. The monoisotopic (exact) mass is 397 g/mol. The van der Waals surface area contributed by atoms with Crippen LogP contribution in [0.4, 0.5) is 13.2 Å². The summed E-state index contributed by atoms with van der Waals surface area (Å²) in [5.74, 6) is 0.351. The molecule has 28 heavy (non-hydrogen) atoms. The molecule has 0 saturated carbocycles. The second kappa shape index (κ2) is 9.98. The maximum Gasteiger partial charge on any atom is 0.416 e. The molecular formula is C20H22F3NO4. The second-order valence-corrected chi connectivity index (χ2v) is 6.08. The number of rotatable bonds is 9. The lowest BCUT2D eigenvalue weighted by molar-refractivity contribution is -0.137. The molecule has 2 aromatic rings. The Kier molecular flexibility index (Phi) is 7.69. The number of amides is 1. The Bertz CT molecular complexity index is 746. The molecular weight excluding hydrogens is 375 g/mol. The van der Waals surface area contributed by atoms with Gasteiger partial charge in [0, 0.05) is 6.54 Å². The Morgan fingerprint density at radius 2 is 1.61 bits per heavy atom. The van der Waals surface area contributed by atoms with Gasteiger partial charge in [0.15, 0.2) is 6.61 Å². The largest absolute Gasteiger partial charge is 0.491 e. The molecule has 2 rings (SSSR count). The van der Waals surface area contributed by atoms with Gasteiger partial charge < -0.3 is 19.9 Å². The smallest absolute Gasteiger partial charge is 0.416 e. The summed E-state index contributed by atoms with van der Waals surface area (Å²) in [7, 11) is 0. The Labute approximate surface area is 161 Å². The molecule has 2 aromatic carbocycles. The number of halogens is 3. The van der Waals surface area contributed by atoms with Gasteiger partial charge in [-0.05, 0) is 48.4 Å². The van der Waals surface area contributed by atoms with Gasteiger partial charge in [0.1, 0.15) is 24.2 Å². The quantitative estimate of drug-likeness (QED) is 0.682. The lowest BCUT2D eigenvalue weighted by atomic mass is 10.2. The van der Waals surface area contributed by atoms with Crippen LogP contribution in [0.25, 0.3) is 0 Å². The van der Waals surface area contributed by atoms with Gasteiger partial charge in [0.25, 0.3) is 5.91 Å². The molecule has 0 heterocycles. The third-order valence-corrected chi connectivity index (χ3v) is 3.86. The van der Waals surface area contributed by atoms with E-state index in [9.17, 15) is 23.1 Å². The fourth-order valence-corrected chi connectivity index (χ4v) is 2.24. The van der Waals surface area contributed by atoms with E-state index in [0.717, 1.165) is 24.1 Å². The summed E-state index contributed by atoms with van der Waals surface area (Å²) in [6, 6.07) is 11.5. The van der Waals surface area contributed by atoms with E-state index in [1.807, 2.05) is 19.1 Å². The first-order valence-electron chi connectivity index (χ1n) is 8.74. The molecule has 0 radical (unpaired) electrons. The van der Waals surface area contributed by atoms with E-state index in [0.29, 0.717) is 5.75 Å². The van der Waals surface area contributed by atoms with E-state index >= 15 is 0 Å². The fraction of sp³-hybridized carbons (Fsp3) is 0.350. The van der Waals surface area contributed by atoms with Crippen molar-refractivity contribution in [2.24, 2.45) is 0 Å². The van der Waals surface area contributed by atoms with Crippen molar-refractivity contribution >= 4 is 5.91 Å². The number of aliphatic hydroxyl groups excluding tert-OH is 1. The van der Waals surface area contributed by atoms with Crippen molar-refractivity contribution in [3.63, 3.8) is 0 Å². The molecule has 2 N–H and O–H groups in total. The third-order valence-electron chi connectivity index (χ3n) is 3.86. The molecule has 0 saturated heterocycles. The normalized spacial score (nSPS) is 12.3. The lowest BCUT2D eigenvalue weighted by Crippen LogP contribution is -2.37. The number of hydrogen-bond acceptors (Lipinski definition) is 4. The Hall–Kier alpha value is -2.74. The first-order chi connectivity index (χ1) is 13.3. The number of aryl methyl sites for hydroxylation is 1. The Balaban J connectivity index is 1.67. The van der Waals surface area contributed by atoms with Crippen molar-refractivity contribution < 1.29 is 32.5 Å². The minimum atomic E-state index is -4.41. The van der Waals surface area contributed by atoms with Gasteiger partial charge in [0.05, 0.1) is 5.56 Å². The van der Waals surface area contributed by atoms with E-state index in [2.05, 4.69) is 5.32 Å². The van der Waals surface area contributed by atoms with Gasteiger partial charge in [-0.25, -0.2) is 0 Å². The zero-order valence-electron chi connectivity index (χ0n) is 15.3. The van der Waals surface area contributed by atoms with E-state index in [1.54, 1.807) is 12.1 Å². The highest BCUT2D eigenvalue weighted by molar-refractivity contribution is 5.77. The topological polar surface area (TPSA) is 67.8 Å². The Morgan fingerprint density at radius 3 is 2.18 bits per heavy atom. The number of hydrogen-bond donors (Lipinski definition) is 2. The average Bonchev–Trinajstić information content (AvgIpc) is 2.69. The third kappa shape index (κ3) is 7.11. The fourth-order valence-electron chi connectivity index (χ4n) is 2.24. The molecule has 8 heteroatoms.